The van der Waals surface area contributed by atoms with Crippen molar-refractivity contribution in [2.45, 2.75) is 39.7 Å². The molecule has 6 heteroatoms. The van der Waals surface area contributed by atoms with Gasteiger partial charge in [0.25, 0.3) is 0 Å². The zero-order chi connectivity index (χ0) is 13.8. The van der Waals surface area contributed by atoms with Gasteiger partial charge in [-0.2, -0.15) is 0 Å². The average molecular weight is 277 g/mol. The lowest BCUT2D eigenvalue weighted by molar-refractivity contribution is -0.121. The SMILES string of the molecule is CC(=O)C1CCCN(S(=O)(=O)CCOC(C)C)C1. The number of sulfonamides is 1. The number of carbonyl (C=O) groups is 1. The van der Waals surface area contributed by atoms with Crippen molar-refractivity contribution >= 4 is 15.8 Å². The van der Waals surface area contributed by atoms with Crippen LogP contribution in [0.2, 0.25) is 0 Å². The van der Waals surface area contributed by atoms with Gasteiger partial charge in [-0.3, -0.25) is 4.79 Å². The molecule has 0 aromatic carbocycles. The summed E-state index contributed by atoms with van der Waals surface area (Å²) in [6.45, 7) is 6.34. The van der Waals surface area contributed by atoms with Crippen LogP contribution in [0.1, 0.15) is 33.6 Å². The smallest absolute Gasteiger partial charge is 0.216 e. The van der Waals surface area contributed by atoms with E-state index in [0.717, 1.165) is 12.8 Å². The quantitative estimate of drug-likeness (QED) is 0.728. The molecule has 0 radical (unpaired) electrons. The van der Waals surface area contributed by atoms with Crippen LogP contribution in [-0.2, 0) is 19.6 Å². The van der Waals surface area contributed by atoms with Gasteiger partial charge in [0.05, 0.1) is 18.5 Å². The molecule has 1 aliphatic heterocycles. The molecular formula is C12H23NO4S. The molecule has 1 atom stereocenters. The number of hydrogen-bond acceptors (Lipinski definition) is 4. The van der Waals surface area contributed by atoms with Crippen molar-refractivity contribution in [3.05, 3.63) is 0 Å². The van der Waals surface area contributed by atoms with Gasteiger partial charge in [0.2, 0.25) is 10.0 Å². The fourth-order valence-corrected chi connectivity index (χ4v) is 3.42. The molecule has 1 rings (SSSR count). The highest BCUT2D eigenvalue weighted by molar-refractivity contribution is 7.89. The van der Waals surface area contributed by atoms with E-state index in [1.54, 1.807) is 0 Å². The molecule has 0 N–H and O–H groups in total. The van der Waals surface area contributed by atoms with E-state index in [1.165, 1.54) is 11.2 Å². The summed E-state index contributed by atoms with van der Waals surface area (Å²) in [5, 5.41) is 0. The van der Waals surface area contributed by atoms with E-state index < -0.39 is 10.0 Å². The van der Waals surface area contributed by atoms with Crippen LogP contribution >= 0.6 is 0 Å². The summed E-state index contributed by atoms with van der Waals surface area (Å²) >= 11 is 0. The van der Waals surface area contributed by atoms with Gasteiger partial charge < -0.3 is 4.74 Å². The predicted molar refractivity (Wildman–Crippen MR) is 69.9 cm³/mol. The number of hydrogen-bond donors (Lipinski definition) is 0. The van der Waals surface area contributed by atoms with Crippen molar-refractivity contribution in [1.29, 1.82) is 0 Å². The van der Waals surface area contributed by atoms with Gasteiger partial charge in [0, 0.05) is 19.0 Å². The molecule has 1 fully saturated rings. The van der Waals surface area contributed by atoms with Crippen molar-refractivity contribution in [3.8, 4) is 0 Å². The van der Waals surface area contributed by atoms with Crippen LogP contribution in [0.3, 0.4) is 0 Å². The molecule has 0 amide bonds. The van der Waals surface area contributed by atoms with E-state index in [1.807, 2.05) is 13.8 Å². The van der Waals surface area contributed by atoms with Gasteiger partial charge in [-0.25, -0.2) is 12.7 Å². The third-order valence-electron chi connectivity index (χ3n) is 3.14. The van der Waals surface area contributed by atoms with E-state index in [9.17, 15) is 13.2 Å². The number of piperidine rings is 1. The molecule has 0 saturated carbocycles. The van der Waals surface area contributed by atoms with Crippen LogP contribution in [0.4, 0.5) is 0 Å². The number of ether oxygens (including phenoxy) is 1. The van der Waals surface area contributed by atoms with Crippen LogP contribution < -0.4 is 0 Å². The van der Waals surface area contributed by atoms with E-state index in [2.05, 4.69) is 0 Å². The van der Waals surface area contributed by atoms with Crippen LogP contribution in [0.15, 0.2) is 0 Å². The fraction of sp³-hybridized carbons (Fsp3) is 0.917. The molecule has 1 aliphatic rings. The minimum atomic E-state index is -3.29. The Labute approximate surface area is 110 Å². The molecule has 0 spiro atoms. The monoisotopic (exact) mass is 277 g/mol. The molecule has 0 bridgehead atoms. The maximum atomic E-state index is 12.1. The summed E-state index contributed by atoms with van der Waals surface area (Å²) in [7, 11) is -3.29. The minimum Gasteiger partial charge on any atom is -0.378 e. The third-order valence-corrected chi connectivity index (χ3v) is 4.95. The first-order valence-electron chi connectivity index (χ1n) is 6.43. The molecular weight excluding hydrogens is 254 g/mol. The van der Waals surface area contributed by atoms with Crippen LogP contribution in [0, 0.1) is 5.92 Å². The number of nitrogens with zero attached hydrogens (tertiary/aromatic N) is 1. The van der Waals surface area contributed by atoms with Crippen molar-refractivity contribution < 1.29 is 17.9 Å². The Bertz CT molecular complexity index is 378. The first kappa shape index (κ1) is 15.6. The van der Waals surface area contributed by atoms with Crippen molar-refractivity contribution in [2.24, 2.45) is 5.92 Å². The second kappa shape index (κ2) is 6.63. The van der Waals surface area contributed by atoms with E-state index in [0.29, 0.717) is 13.1 Å². The topological polar surface area (TPSA) is 63.7 Å². The van der Waals surface area contributed by atoms with Crippen LogP contribution in [0.5, 0.6) is 0 Å². The molecule has 18 heavy (non-hydrogen) atoms. The second-order valence-electron chi connectivity index (χ2n) is 5.04. The Kier molecular flexibility index (Phi) is 5.75. The Morgan fingerprint density at radius 1 is 1.44 bits per heavy atom. The molecule has 1 heterocycles. The van der Waals surface area contributed by atoms with Crippen LogP contribution in [0.25, 0.3) is 0 Å². The van der Waals surface area contributed by atoms with Gasteiger partial charge in [0.15, 0.2) is 0 Å². The summed E-state index contributed by atoms with van der Waals surface area (Å²) in [6, 6.07) is 0. The summed E-state index contributed by atoms with van der Waals surface area (Å²) in [5.74, 6) is -0.0663. The number of Topliss-reactive ketones (excluding diaryl/α,β-unsaturated/α-hetero) is 1. The Morgan fingerprint density at radius 3 is 2.67 bits per heavy atom. The molecule has 5 nitrogen and oxygen atoms in total. The Morgan fingerprint density at radius 2 is 2.11 bits per heavy atom. The summed E-state index contributed by atoms with van der Waals surface area (Å²) < 4.78 is 30.8. The Balaban J connectivity index is 2.53. The van der Waals surface area contributed by atoms with E-state index in [-0.39, 0.29) is 30.2 Å². The lowest BCUT2D eigenvalue weighted by Crippen LogP contribution is -2.43. The highest BCUT2D eigenvalue weighted by atomic mass is 32.2. The van der Waals surface area contributed by atoms with Gasteiger partial charge >= 0.3 is 0 Å². The summed E-state index contributed by atoms with van der Waals surface area (Å²) in [5.41, 5.74) is 0. The van der Waals surface area contributed by atoms with Gasteiger partial charge in [-0.1, -0.05) is 0 Å². The molecule has 0 aliphatic carbocycles. The first-order valence-corrected chi connectivity index (χ1v) is 8.03. The number of carbonyl (C=O) groups excluding carboxylic acids is 1. The van der Waals surface area contributed by atoms with Crippen molar-refractivity contribution in [3.63, 3.8) is 0 Å². The first-order chi connectivity index (χ1) is 8.33. The van der Waals surface area contributed by atoms with Crippen molar-refractivity contribution in [2.75, 3.05) is 25.4 Å². The molecule has 0 aromatic rings. The normalized spacial score (nSPS) is 22.3. The fourth-order valence-electron chi connectivity index (χ4n) is 2.05. The predicted octanol–water partition coefficient (Wildman–Crippen LogP) is 1.04. The van der Waals surface area contributed by atoms with Crippen LogP contribution in [-0.4, -0.2) is 50.1 Å². The van der Waals surface area contributed by atoms with Gasteiger partial charge in [-0.15, -0.1) is 0 Å². The number of ketones is 1. The average Bonchev–Trinajstić information content (AvgIpc) is 2.28. The Hall–Kier alpha value is -0.460. The molecule has 0 aromatic heterocycles. The highest BCUT2D eigenvalue weighted by Gasteiger charge is 2.30. The highest BCUT2D eigenvalue weighted by Crippen LogP contribution is 2.20. The van der Waals surface area contributed by atoms with Gasteiger partial charge in [0.1, 0.15) is 5.78 Å². The standard InChI is InChI=1S/C12H23NO4S/c1-10(2)17-7-8-18(15,16)13-6-4-5-12(9-13)11(3)14/h10,12H,4-9H2,1-3H3. The largest absolute Gasteiger partial charge is 0.378 e. The minimum absolute atomic E-state index is 0.00416. The van der Waals surface area contributed by atoms with Crippen molar-refractivity contribution in [1.82, 2.24) is 4.31 Å². The maximum absolute atomic E-state index is 12.1. The molecule has 1 unspecified atom stereocenters. The van der Waals surface area contributed by atoms with E-state index in [4.69, 9.17) is 4.74 Å². The summed E-state index contributed by atoms with van der Waals surface area (Å²) in [6.07, 6.45) is 1.59. The lowest BCUT2D eigenvalue weighted by Gasteiger charge is -2.30. The zero-order valence-electron chi connectivity index (χ0n) is 11.4. The third kappa shape index (κ3) is 4.66. The second-order valence-corrected chi connectivity index (χ2v) is 7.13. The summed E-state index contributed by atoms with van der Waals surface area (Å²) in [4.78, 5) is 11.3. The lowest BCUT2D eigenvalue weighted by atomic mass is 9.96. The van der Waals surface area contributed by atoms with E-state index >= 15 is 0 Å². The number of rotatable bonds is 6. The molecule has 1 saturated heterocycles. The maximum Gasteiger partial charge on any atom is 0.216 e. The molecule has 106 valence electrons. The van der Waals surface area contributed by atoms with Gasteiger partial charge in [-0.05, 0) is 33.6 Å². The zero-order valence-corrected chi connectivity index (χ0v) is 12.2.